The average Bonchev–Trinajstić information content (AvgIpc) is 3.28. The van der Waals surface area contributed by atoms with Crippen molar-refractivity contribution in [2.45, 2.75) is 83.5 Å². The van der Waals surface area contributed by atoms with Crippen molar-refractivity contribution < 1.29 is 29.3 Å². The molecule has 0 aromatic carbocycles. The van der Waals surface area contributed by atoms with Gasteiger partial charge in [-0.2, -0.15) is 0 Å². The largest absolute Gasteiger partial charge is 0.512 e. The number of rotatable bonds is 12. The lowest BCUT2D eigenvalue weighted by Gasteiger charge is -2.23. The third-order valence-corrected chi connectivity index (χ3v) is 5.52. The second-order valence-corrected chi connectivity index (χ2v) is 8.33. The molecule has 6 heteroatoms. The van der Waals surface area contributed by atoms with Gasteiger partial charge in [-0.25, -0.2) is 4.79 Å². The van der Waals surface area contributed by atoms with Crippen molar-refractivity contribution in [2.24, 2.45) is 11.8 Å². The fraction of sp³-hybridized carbons (Fsp3) is 0.625. The predicted molar refractivity (Wildman–Crippen MR) is 115 cm³/mol. The molecule has 1 saturated carbocycles. The topological polar surface area (TPSA) is 100 Å². The Labute approximate surface area is 179 Å². The van der Waals surface area contributed by atoms with Crippen molar-refractivity contribution in [2.75, 3.05) is 0 Å². The lowest BCUT2D eigenvalue weighted by molar-refractivity contribution is -0.141. The van der Waals surface area contributed by atoms with Crippen LogP contribution in [0, 0.1) is 11.8 Å². The van der Waals surface area contributed by atoms with Gasteiger partial charge in [-0.05, 0) is 70.1 Å². The Kier molecular flexibility index (Phi) is 10.2. The Balaban J connectivity index is 1.75. The molecule has 0 saturated heterocycles. The number of esters is 1. The molecule has 1 aromatic rings. The summed E-state index contributed by atoms with van der Waals surface area (Å²) in [4.78, 5) is 11.5. The summed E-state index contributed by atoms with van der Waals surface area (Å²) in [6.45, 7) is 3.62. The molecule has 1 heterocycles. The first-order valence-corrected chi connectivity index (χ1v) is 11.0. The first-order chi connectivity index (χ1) is 14.4. The highest BCUT2D eigenvalue weighted by atomic mass is 16.5. The fourth-order valence-electron chi connectivity index (χ4n) is 4.09. The Hall–Kier alpha value is -2.05. The normalized spacial score (nSPS) is 24.8. The van der Waals surface area contributed by atoms with E-state index in [1.165, 1.54) is 6.08 Å². The minimum atomic E-state index is -0.725. The van der Waals surface area contributed by atoms with Crippen molar-refractivity contribution in [1.82, 2.24) is 0 Å². The molecule has 1 aromatic heterocycles. The fourth-order valence-corrected chi connectivity index (χ4v) is 4.09. The van der Waals surface area contributed by atoms with E-state index in [1.807, 2.05) is 26.0 Å². The lowest BCUT2D eigenvalue weighted by Crippen LogP contribution is -2.24. The number of aryl methyl sites for hydroxylation is 1. The smallest absolute Gasteiger partial charge is 0.330 e. The summed E-state index contributed by atoms with van der Waals surface area (Å²) in [6.07, 6.45) is 11.0. The van der Waals surface area contributed by atoms with Crippen LogP contribution in [0.3, 0.4) is 0 Å². The molecule has 0 radical (unpaired) electrons. The summed E-state index contributed by atoms with van der Waals surface area (Å²) in [5, 5.41) is 31.2. The Bertz CT molecular complexity index is 676. The molecule has 3 N–H and O–H groups in total. The highest BCUT2D eigenvalue weighted by Crippen LogP contribution is 2.39. The van der Waals surface area contributed by atoms with E-state index in [2.05, 4.69) is 0 Å². The SMILES string of the molecule is CC(C)OC(=O)C=CCCCCC1C(/C(O)=C\CCCc2ccco2)[C@H](O)C[C@@H]1O. The van der Waals surface area contributed by atoms with E-state index in [0.717, 1.165) is 44.3 Å². The quantitative estimate of drug-likeness (QED) is 0.200. The van der Waals surface area contributed by atoms with Crippen molar-refractivity contribution >= 4 is 5.97 Å². The van der Waals surface area contributed by atoms with Crippen LogP contribution in [0.2, 0.25) is 0 Å². The first-order valence-electron chi connectivity index (χ1n) is 11.0. The van der Waals surface area contributed by atoms with Gasteiger partial charge in [0.25, 0.3) is 0 Å². The van der Waals surface area contributed by atoms with Crippen LogP contribution in [0.25, 0.3) is 0 Å². The number of aliphatic hydroxyl groups excluding tert-OH is 3. The molecule has 2 unspecified atom stereocenters. The Morgan fingerprint density at radius 2 is 2.03 bits per heavy atom. The first kappa shape index (κ1) is 24.2. The molecular weight excluding hydrogens is 384 g/mol. The van der Waals surface area contributed by atoms with Gasteiger partial charge in [-0.15, -0.1) is 0 Å². The van der Waals surface area contributed by atoms with Gasteiger partial charge in [0.1, 0.15) is 5.76 Å². The summed E-state index contributed by atoms with van der Waals surface area (Å²) < 4.78 is 10.3. The van der Waals surface area contributed by atoms with E-state index in [1.54, 1.807) is 18.4 Å². The molecule has 0 amide bonds. The van der Waals surface area contributed by atoms with Crippen LogP contribution in [-0.4, -0.2) is 39.6 Å². The molecule has 1 fully saturated rings. The van der Waals surface area contributed by atoms with Gasteiger partial charge < -0.3 is 24.5 Å². The van der Waals surface area contributed by atoms with Gasteiger partial charge >= 0.3 is 5.97 Å². The van der Waals surface area contributed by atoms with Gasteiger partial charge in [0, 0.05) is 24.8 Å². The number of unbranched alkanes of at least 4 members (excludes halogenated alkanes) is 3. The average molecular weight is 421 g/mol. The van der Waals surface area contributed by atoms with Gasteiger partial charge in [0.2, 0.25) is 0 Å². The number of ether oxygens (including phenoxy) is 1. The third kappa shape index (κ3) is 8.00. The standard InChI is InChI=1S/C24H36O6/c1-17(2)30-23(28)14-6-4-3-5-12-19-21(26)16-22(27)24(19)20(25)13-8-7-10-18-11-9-15-29-18/h6,9,11,13-15,17,19,21-22,24-27H,3-5,7-8,10,12,16H2,1-2H3/b14-6?,20-13+/t19?,21-,22+,24?/m0/s1. The highest BCUT2D eigenvalue weighted by Gasteiger charge is 2.43. The molecule has 0 spiro atoms. The molecule has 6 nitrogen and oxygen atoms in total. The van der Waals surface area contributed by atoms with E-state index in [4.69, 9.17) is 9.15 Å². The van der Waals surface area contributed by atoms with E-state index in [9.17, 15) is 20.1 Å². The van der Waals surface area contributed by atoms with Crippen LogP contribution in [0.4, 0.5) is 0 Å². The molecule has 0 aliphatic heterocycles. The predicted octanol–water partition coefficient (Wildman–Crippen LogP) is 4.47. The van der Waals surface area contributed by atoms with Crippen molar-refractivity contribution in [3.05, 3.63) is 48.1 Å². The molecule has 2 rings (SSSR count). The number of hydrogen-bond acceptors (Lipinski definition) is 6. The van der Waals surface area contributed by atoms with Crippen molar-refractivity contribution in [3.63, 3.8) is 0 Å². The van der Waals surface area contributed by atoms with Crippen LogP contribution >= 0.6 is 0 Å². The molecular formula is C24H36O6. The molecule has 4 atom stereocenters. The van der Waals surface area contributed by atoms with Gasteiger partial charge in [-0.1, -0.05) is 12.5 Å². The zero-order chi connectivity index (χ0) is 21.9. The maximum Gasteiger partial charge on any atom is 0.330 e. The molecule has 1 aliphatic rings. The molecule has 1 aliphatic carbocycles. The van der Waals surface area contributed by atoms with E-state index in [0.29, 0.717) is 12.8 Å². The second-order valence-electron chi connectivity index (χ2n) is 8.33. The summed E-state index contributed by atoms with van der Waals surface area (Å²) in [6, 6.07) is 3.79. The number of carbonyl (C=O) groups excluding carboxylic acids is 1. The van der Waals surface area contributed by atoms with Gasteiger partial charge in [0.15, 0.2) is 0 Å². The number of aliphatic hydroxyl groups is 3. The summed E-state index contributed by atoms with van der Waals surface area (Å²) in [5.41, 5.74) is 0. The summed E-state index contributed by atoms with van der Waals surface area (Å²) in [5.74, 6) is 0.196. The van der Waals surface area contributed by atoms with Crippen LogP contribution in [-0.2, 0) is 16.0 Å². The lowest BCUT2D eigenvalue weighted by atomic mass is 9.86. The number of hydrogen-bond donors (Lipinski definition) is 3. The summed E-state index contributed by atoms with van der Waals surface area (Å²) >= 11 is 0. The van der Waals surface area contributed by atoms with Crippen LogP contribution in [0.5, 0.6) is 0 Å². The maximum atomic E-state index is 11.5. The highest BCUT2D eigenvalue weighted by molar-refractivity contribution is 5.81. The zero-order valence-corrected chi connectivity index (χ0v) is 18.1. The minimum Gasteiger partial charge on any atom is -0.512 e. The van der Waals surface area contributed by atoms with Gasteiger partial charge in [-0.3, -0.25) is 0 Å². The third-order valence-electron chi connectivity index (χ3n) is 5.52. The van der Waals surface area contributed by atoms with Crippen molar-refractivity contribution in [1.29, 1.82) is 0 Å². The van der Waals surface area contributed by atoms with Crippen molar-refractivity contribution in [3.8, 4) is 0 Å². The monoisotopic (exact) mass is 420 g/mol. The summed E-state index contributed by atoms with van der Waals surface area (Å²) in [7, 11) is 0. The molecule has 168 valence electrons. The van der Waals surface area contributed by atoms with E-state index < -0.39 is 18.1 Å². The minimum absolute atomic E-state index is 0.125. The zero-order valence-electron chi connectivity index (χ0n) is 18.1. The van der Waals surface area contributed by atoms with E-state index in [-0.39, 0.29) is 23.8 Å². The Morgan fingerprint density at radius 3 is 2.73 bits per heavy atom. The number of allylic oxidation sites excluding steroid dienone is 2. The second kappa shape index (κ2) is 12.6. The van der Waals surface area contributed by atoms with E-state index >= 15 is 0 Å². The Morgan fingerprint density at radius 1 is 1.23 bits per heavy atom. The van der Waals surface area contributed by atoms with Crippen LogP contribution in [0.1, 0.15) is 64.6 Å². The molecule has 30 heavy (non-hydrogen) atoms. The van der Waals surface area contributed by atoms with Gasteiger partial charge in [0.05, 0.1) is 30.3 Å². The maximum absolute atomic E-state index is 11.5. The van der Waals surface area contributed by atoms with Crippen LogP contribution in [0.15, 0.2) is 46.8 Å². The van der Waals surface area contributed by atoms with Crippen LogP contribution < -0.4 is 0 Å². The number of furan rings is 1. The number of carbonyl (C=O) groups is 1. The molecule has 0 bridgehead atoms.